The number of nitrogens with one attached hydrogen (secondary N) is 3. The van der Waals surface area contributed by atoms with Crippen LogP contribution in [0.4, 0.5) is 5.69 Å². The summed E-state index contributed by atoms with van der Waals surface area (Å²) < 4.78 is 0. The minimum absolute atomic E-state index is 0.0686. The summed E-state index contributed by atoms with van der Waals surface area (Å²) in [7, 11) is 1.84. The zero-order valence-corrected chi connectivity index (χ0v) is 15.1. The van der Waals surface area contributed by atoms with Crippen molar-refractivity contribution in [2.24, 2.45) is 0 Å². The summed E-state index contributed by atoms with van der Waals surface area (Å²) in [6.45, 7) is 5.00. The van der Waals surface area contributed by atoms with Crippen molar-refractivity contribution in [3.05, 3.63) is 65.2 Å². The van der Waals surface area contributed by atoms with Crippen LogP contribution < -0.4 is 15.5 Å². The second-order valence-electron chi connectivity index (χ2n) is 6.37. The van der Waals surface area contributed by atoms with Crippen LogP contribution >= 0.6 is 0 Å². The van der Waals surface area contributed by atoms with Crippen LogP contribution in [0.25, 0.3) is 0 Å². The molecule has 0 aliphatic rings. The Morgan fingerprint density at radius 2 is 1.60 bits per heavy atom. The van der Waals surface area contributed by atoms with Crippen LogP contribution in [0.1, 0.15) is 16.7 Å². The van der Waals surface area contributed by atoms with Crippen LogP contribution in [-0.2, 0) is 16.1 Å². The topological polar surface area (TPSA) is 62.6 Å². The van der Waals surface area contributed by atoms with Gasteiger partial charge in [0.05, 0.1) is 7.05 Å². The Bertz CT molecular complexity index is 729. The predicted molar refractivity (Wildman–Crippen MR) is 99.5 cm³/mol. The van der Waals surface area contributed by atoms with Gasteiger partial charge in [0.15, 0.2) is 13.1 Å². The summed E-state index contributed by atoms with van der Waals surface area (Å²) in [5, 5.41) is 5.80. The molecule has 0 radical (unpaired) electrons. The predicted octanol–water partition coefficient (Wildman–Crippen LogP) is 1.07. The Kier molecular flexibility index (Phi) is 6.71. The van der Waals surface area contributed by atoms with Gasteiger partial charge in [-0.15, -0.1) is 0 Å². The highest BCUT2D eigenvalue weighted by Gasteiger charge is 2.15. The number of quaternary nitrogens is 1. The number of benzene rings is 2. The summed E-state index contributed by atoms with van der Waals surface area (Å²) in [5.74, 6) is -0.164. The van der Waals surface area contributed by atoms with E-state index in [2.05, 4.69) is 10.6 Å². The molecular weight excluding hydrogens is 314 g/mol. The van der Waals surface area contributed by atoms with Crippen LogP contribution in [0.15, 0.2) is 48.5 Å². The lowest BCUT2D eigenvalue weighted by atomic mass is 10.1. The van der Waals surface area contributed by atoms with E-state index in [0.29, 0.717) is 6.54 Å². The lowest BCUT2D eigenvalue weighted by molar-refractivity contribution is -0.862. The zero-order chi connectivity index (χ0) is 18.2. The molecule has 132 valence electrons. The zero-order valence-electron chi connectivity index (χ0n) is 15.1. The standard InChI is InChI=1S/C20H25N3O2/c1-15-8-7-11-18(16(15)2)22-20(25)14-23(3)13-19(24)21-12-17-9-5-4-6-10-17/h4-11H,12-14H2,1-3H3,(H,21,24)(H,22,25)/p+1. The van der Waals surface area contributed by atoms with Gasteiger partial charge >= 0.3 is 0 Å². The molecule has 5 heteroatoms. The fourth-order valence-corrected chi connectivity index (χ4v) is 2.55. The van der Waals surface area contributed by atoms with Gasteiger partial charge in [-0.05, 0) is 36.6 Å². The number of aryl methyl sites for hydroxylation is 1. The summed E-state index contributed by atoms with van der Waals surface area (Å²) >= 11 is 0. The number of rotatable bonds is 7. The number of anilines is 1. The van der Waals surface area contributed by atoms with E-state index in [1.807, 2.05) is 69.4 Å². The van der Waals surface area contributed by atoms with E-state index >= 15 is 0 Å². The number of hydrogen-bond acceptors (Lipinski definition) is 2. The molecule has 3 N–H and O–H groups in total. The third-order valence-electron chi connectivity index (χ3n) is 4.14. The molecule has 5 nitrogen and oxygen atoms in total. The minimum atomic E-state index is -0.0953. The molecule has 0 bridgehead atoms. The smallest absolute Gasteiger partial charge is 0.279 e. The van der Waals surface area contributed by atoms with Gasteiger partial charge in [-0.1, -0.05) is 42.5 Å². The third kappa shape index (κ3) is 6.04. The van der Waals surface area contributed by atoms with Gasteiger partial charge in [0.2, 0.25) is 0 Å². The Morgan fingerprint density at radius 1 is 0.920 bits per heavy atom. The first-order chi connectivity index (χ1) is 12.0. The molecule has 2 rings (SSSR count). The molecule has 0 saturated heterocycles. The van der Waals surface area contributed by atoms with Crippen molar-refractivity contribution in [2.45, 2.75) is 20.4 Å². The fourth-order valence-electron chi connectivity index (χ4n) is 2.55. The van der Waals surface area contributed by atoms with E-state index in [1.54, 1.807) is 0 Å². The van der Waals surface area contributed by atoms with Crippen LogP contribution in [0.3, 0.4) is 0 Å². The van der Waals surface area contributed by atoms with Crippen LogP contribution in [-0.4, -0.2) is 32.0 Å². The van der Waals surface area contributed by atoms with Gasteiger partial charge in [-0.25, -0.2) is 0 Å². The quantitative estimate of drug-likeness (QED) is 0.706. The van der Waals surface area contributed by atoms with Gasteiger partial charge < -0.3 is 15.5 Å². The van der Waals surface area contributed by atoms with Crippen LogP contribution in [0.2, 0.25) is 0 Å². The Labute approximate surface area is 149 Å². The normalized spacial score (nSPS) is 11.6. The molecule has 0 aliphatic carbocycles. The molecule has 1 unspecified atom stereocenters. The number of likely N-dealkylation sites (N-methyl/N-ethyl adjacent to an activating group) is 1. The molecule has 0 saturated carbocycles. The monoisotopic (exact) mass is 340 g/mol. The molecule has 25 heavy (non-hydrogen) atoms. The van der Waals surface area contributed by atoms with Gasteiger partial charge in [0.25, 0.3) is 11.8 Å². The van der Waals surface area contributed by atoms with Gasteiger partial charge in [-0.3, -0.25) is 9.59 Å². The van der Waals surface area contributed by atoms with Crippen LogP contribution in [0, 0.1) is 13.8 Å². The maximum Gasteiger partial charge on any atom is 0.279 e. The second kappa shape index (κ2) is 8.99. The average Bonchev–Trinajstić information content (AvgIpc) is 2.58. The van der Waals surface area contributed by atoms with E-state index in [0.717, 1.165) is 27.3 Å². The highest BCUT2D eigenvalue weighted by Crippen LogP contribution is 2.17. The van der Waals surface area contributed by atoms with E-state index < -0.39 is 0 Å². The highest BCUT2D eigenvalue weighted by atomic mass is 16.2. The number of amides is 2. The van der Waals surface area contributed by atoms with Gasteiger partial charge in [0, 0.05) is 12.2 Å². The Hall–Kier alpha value is -2.66. The first-order valence-corrected chi connectivity index (χ1v) is 8.43. The largest absolute Gasteiger partial charge is 0.347 e. The molecule has 0 heterocycles. The summed E-state index contributed by atoms with van der Waals surface area (Å²) in [4.78, 5) is 25.0. The minimum Gasteiger partial charge on any atom is -0.347 e. The van der Waals surface area contributed by atoms with Crippen molar-refractivity contribution in [2.75, 3.05) is 25.5 Å². The average molecular weight is 340 g/mol. The van der Waals surface area contributed by atoms with E-state index in [9.17, 15) is 9.59 Å². The molecule has 0 spiro atoms. The van der Waals surface area contributed by atoms with Crippen molar-refractivity contribution >= 4 is 17.5 Å². The second-order valence-corrected chi connectivity index (χ2v) is 6.37. The molecule has 2 aromatic carbocycles. The van der Waals surface area contributed by atoms with Gasteiger partial charge in [-0.2, -0.15) is 0 Å². The summed E-state index contributed by atoms with van der Waals surface area (Å²) in [6, 6.07) is 15.6. The lowest BCUT2D eigenvalue weighted by Crippen LogP contribution is -3.11. The molecular formula is C20H26N3O2+. The number of hydrogen-bond donors (Lipinski definition) is 3. The third-order valence-corrected chi connectivity index (χ3v) is 4.14. The molecule has 2 amide bonds. The van der Waals surface area contributed by atoms with Crippen molar-refractivity contribution in [1.82, 2.24) is 5.32 Å². The Morgan fingerprint density at radius 3 is 2.32 bits per heavy atom. The molecule has 0 aromatic heterocycles. The molecule has 1 atom stereocenters. The van der Waals surface area contributed by atoms with Crippen LogP contribution in [0.5, 0.6) is 0 Å². The van der Waals surface area contributed by atoms with Crippen molar-refractivity contribution in [3.8, 4) is 0 Å². The summed E-state index contributed by atoms with van der Waals surface area (Å²) in [6.07, 6.45) is 0. The van der Waals surface area contributed by atoms with E-state index in [1.165, 1.54) is 0 Å². The highest BCUT2D eigenvalue weighted by molar-refractivity contribution is 5.92. The van der Waals surface area contributed by atoms with E-state index in [-0.39, 0.29) is 24.9 Å². The fraction of sp³-hybridized carbons (Fsp3) is 0.300. The van der Waals surface area contributed by atoms with Crippen molar-refractivity contribution in [1.29, 1.82) is 0 Å². The Balaban J connectivity index is 1.77. The maximum atomic E-state index is 12.2. The number of carbonyl (C=O) groups is 2. The van der Waals surface area contributed by atoms with Crippen molar-refractivity contribution in [3.63, 3.8) is 0 Å². The summed E-state index contributed by atoms with van der Waals surface area (Å²) in [5.41, 5.74) is 4.08. The lowest BCUT2D eigenvalue weighted by Gasteiger charge is -2.15. The van der Waals surface area contributed by atoms with E-state index in [4.69, 9.17) is 0 Å². The van der Waals surface area contributed by atoms with Gasteiger partial charge in [0.1, 0.15) is 0 Å². The first kappa shape index (κ1) is 18.7. The molecule has 0 fully saturated rings. The molecule has 0 aliphatic heterocycles. The first-order valence-electron chi connectivity index (χ1n) is 8.43. The number of carbonyl (C=O) groups excluding carboxylic acids is 2. The SMILES string of the molecule is Cc1cccc(NC(=O)C[NH+](C)CC(=O)NCc2ccccc2)c1C. The maximum absolute atomic E-state index is 12.2. The van der Waals surface area contributed by atoms with Crippen molar-refractivity contribution < 1.29 is 14.5 Å². The molecule has 2 aromatic rings.